The van der Waals surface area contributed by atoms with Crippen molar-refractivity contribution in [3.05, 3.63) is 35.2 Å². The Morgan fingerprint density at radius 3 is 2.48 bits per heavy atom. The van der Waals surface area contributed by atoms with Gasteiger partial charge in [0.05, 0.1) is 0 Å². The Morgan fingerprint density at radius 2 is 1.78 bits per heavy atom. The number of piperazine rings is 1. The standard InChI is InChI=1S/C18H26N2S.2ClH/c1-14(2)7-8-17(20-11-9-19-10-12-20)16-13-21-18-6-4-3-5-15(16)18;;/h3-6,13-14,17,19H,7-12H2,1-2H3;2*1H/t17-;;/m0../s1. The van der Waals surface area contributed by atoms with Gasteiger partial charge in [0.1, 0.15) is 0 Å². The van der Waals surface area contributed by atoms with Gasteiger partial charge in [-0.3, -0.25) is 4.90 Å². The summed E-state index contributed by atoms with van der Waals surface area (Å²) in [7, 11) is 0. The summed E-state index contributed by atoms with van der Waals surface area (Å²) in [5, 5.41) is 7.35. The molecule has 1 aliphatic rings. The molecule has 130 valence electrons. The summed E-state index contributed by atoms with van der Waals surface area (Å²) in [6.45, 7) is 9.27. The first-order valence-corrected chi connectivity index (χ1v) is 9.04. The smallest absolute Gasteiger partial charge is 0.0363 e. The topological polar surface area (TPSA) is 15.3 Å². The van der Waals surface area contributed by atoms with Gasteiger partial charge >= 0.3 is 0 Å². The fraction of sp³-hybridized carbons (Fsp3) is 0.556. The summed E-state index contributed by atoms with van der Waals surface area (Å²) in [4.78, 5) is 2.69. The SMILES string of the molecule is CC(C)CC[C@@H](c1csc2ccccc12)N1CCNCC1.Cl.Cl. The fourth-order valence-corrected chi connectivity index (χ4v) is 4.28. The summed E-state index contributed by atoms with van der Waals surface area (Å²) in [6, 6.07) is 9.46. The van der Waals surface area contributed by atoms with Crippen LogP contribution in [0.3, 0.4) is 0 Å². The highest BCUT2D eigenvalue weighted by molar-refractivity contribution is 7.17. The van der Waals surface area contributed by atoms with Crippen LogP contribution in [0.5, 0.6) is 0 Å². The van der Waals surface area contributed by atoms with Gasteiger partial charge in [-0.25, -0.2) is 0 Å². The Hall–Kier alpha value is -0.320. The summed E-state index contributed by atoms with van der Waals surface area (Å²) < 4.78 is 1.43. The van der Waals surface area contributed by atoms with Gasteiger partial charge in [0.25, 0.3) is 0 Å². The molecule has 2 aromatic rings. The zero-order valence-corrected chi connectivity index (χ0v) is 16.4. The lowest BCUT2D eigenvalue weighted by molar-refractivity contribution is 0.161. The van der Waals surface area contributed by atoms with Crippen molar-refractivity contribution < 1.29 is 0 Å². The molecule has 0 amide bonds. The third-order valence-corrected chi connectivity index (χ3v) is 5.46. The van der Waals surface area contributed by atoms with E-state index in [2.05, 4.69) is 53.7 Å². The summed E-state index contributed by atoms with van der Waals surface area (Å²) in [5.74, 6) is 0.778. The predicted molar refractivity (Wildman–Crippen MR) is 108 cm³/mol. The maximum Gasteiger partial charge on any atom is 0.0363 e. The van der Waals surface area contributed by atoms with Crippen molar-refractivity contribution >= 4 is 46.2 Å². The molecular formula is C18H28Cl2N2S. The van der Waals surface area contributed by atoms with Crippen molar-refractivity contribution in [2.45, 2.75) is 32.7 Å². The van der Waals surface area contributed by atoms with Gasteiger partial charge in [0.2, 0.25) is 0 Å². The van der Waals surface area contributed by atoms with Crippen LogP contribution in [0.2, 0.25) is 0 Å². The van der Waals surface area contributed by atoms with Gasteiger partial charge in [-0.2, -0.15) is 0 Å². The summed E-state index contributed by atoms with van der Waals surface area (Å²) in [6.07, 6.45) is 2.58. The Labute approximate surface area is 156 Å². The molecule has 0 spiro atoms. The highest BCUT2D eigenvalue weighted by Gasteiger charge is 2.24. The molecule has 5 heteroatoms. The molecule has 1 aliphatic heterocycles. The molecule has 3 rings (SSSR count). The summed E-state index contributed by atoms with van der Waals surface area (Å²) in [5.41, 5.74) is 1.55. The van der Waals surface area contributed by atoms with E-state index < -0.39 is 0 Å². The molecule has 1 atom stereocenters. The second-order valence-corrected chi connectivity index (χ2v) is 7.37. The monoisotopic (exact) mass is 374 g/mol. The molecule has 2 nitrogen and oxygen atoms in total. The first-order chi connectivity index (χ1) is 10.3. The molecule has 1 N–H and O–H groups in total. The van der Waals surface area contributed by atoms with Crippen LogP contribution in [-0.2, 0) is 0 Å². The van der Waals surface area contributed by atoms with Crippen LogP contribution >= 0.6 is 36.2 Å². The van der Waals surface area contributed by atoms with E-state index in [1.54, 1.807) is 5.56 Å². The van der Waals surface area contributed by atoms with E-state index in [0.717, 1.165) is 19.0 Å². The molecule has 1 saturated heterocycles. The van der Waals surface area contributed by atoms with Gasteiger partial charge in [-0.05, 0) is 41.2 Å². The lowest BCUT2D eigenvalue weighted by Crippen LogP contribution is -2.45. The van der Waals surface area contributed by atoms with Crippen LogP contribution in [0.1, 0.15) is 38.3 Å². The van der Waals surface area contributed by atoms with Crippen molar-refractivity contribution in [3.8, 4) is 0 Å². The van der Waals surface area contributed by atoms with E-state index >= 15 is 0 Å². The van der Waals surface area contributed by atoms with Crippen LogP contribution < -0.4 is 5.32 Å². The second-order valence-electron chi connectivity index (χ2n) is 6.46. The van der Waals surface area contributed by atoms with Crippen LogP contribution in [0.15, 0.2) is 29.6 Å². The van der Waals surface area contributed by atoms with E-state index in [9.17, 15) is 0 Å². The fourth-order valence-electron chi connectivity index (χ4n) is 3.28. The van der Waals surface area contributed by atoms with Crippen LogP contribution in [0.4, 0.5) is 0 Å². The number of rotatable bonds is 5. The number of hydrogen-bond acceptors (Lipinski definition) is 3. The van der Waals surface area contributed by atoms with Gasteiger partial charge in [-0.15, -0.1) is 36.2 Å². The second kappa shape index (κ2) is 9.85. The molecule has 0 radical (unpaired) electrons. The molecule has 1 aromatic heterocycles. The van der Waals surface area contributed by atoms with Crippen molar-refractivity contribution in [2.24, 2.45) is 5.92 Å². The van der Waals surface area contributed by atoms with Crippen molar-refractivity contribution in [1.29, 1.82) is 0 Å². The average Bonchev–Trinajstić information content (AvgIpc) is 2.93. The highest BCUT2D eigenvalue weighted by atomic mass is 35.5. The highest BCUT2D eigenvalue weighted by Crippen LogP contribution is 2.36. The molecule has 0 bridgehead atoms. The van der Waals surface area contributed by atoms with Crippen LogP contribution in [0.25, 0.3) is 10.1 Å². The van der Waals surface area contributed by atoms with Gasteiger partial charge in [0, 0.05) is 36.9 Å². The molecule has 1 aromatic carbocycles. The van der Waals surface area contributed by atoms with E-state index in [0.29, 0.717) is 6.04 Å². The lowest BCUT2D eigenvalue weighted by atomic mass is 9.95. The maximum absolute atomic E-state index is 3.48. The zero-order chi connectivity index (χ0) is 14.7. The molecular weight excluding hydrogens is 347 g/mol. The number of fused-ring (bicyclic) bond motifs is 1. The van der Waals surface area contributed by atoms with Gasteiger partial charge < -0.3 is 5.32 Å². The Morgan fingerprint density at radius 1 is 1.09 bits per heavy atom. The van der Waals surface area contributed by atoms with Crippen LogP contribution in [0, 0.1) is 5.92 Å². The average molecular weight is 375 g/mol. The molecule has 0 saturated carbocycles. The van der Waals surface area contributed by atoms with E-state index in [4.69, 9.17) is 0 Å². The van der Waals surface area contributed by atoms with Gasteiger partial charge in [0.15, 0.2) is 0 Å². The van der Waals surface area contributed by atoms with Crippen molar-refractivity contribution in [1.82, 2.24) is 10.2 Å². The molecule has 23 heavy (non-hydrogen) atoms. The number of halogens is 2. The molecule has 0 aliphatic carbocycles. The normalized spacial score (nSPS) is 16.8. The van der Waals surface area contributed by atoms with Crippen molar-refractivity contribution in [3.63, 3.8) is 0 Å². The minimum atomic E-state index is 0. The quantitative estimate of drug-likeness (QED) is 0.780. The number of benzene rings is 1. The number of nitrogens with zero attached hydrogens (tertiary/aromatic N) is 1. The predicted octanol–water partition coefficient (Wildman–Crippen LogP) is 5.13. The minimum absolute atomic E-state index is 0. The number of thiophene rings is 1. The zero-order valence-electron chi connectivity index (χ0n) is 14.0. The largest absolute Gasteiger partial charge is 0.314 e. The van der Waals surface area contributed by atoms with E-state index in [-0.39, 0.29) is 24.8 Å². The summed E-state index contributed by atoms with van der Waals surface area (Å²) >= 11 is 1.90. The third kappa shape index (κ3) is 5.07. The minimum Gasteiger partial charge on any atom is -0.314 e. The number of hydrogen-bond donors (Lipinski definition) is 1. The Balaban J connectivity index is 0.00000132. The Bertz CT molecular complexity index is 579. The molecule has 2 heterocycles. The lowest BCUT2D eigenvalue weighted by Gasteiger charge is -2.35. The van der Waals surface area contributed by atoms with Crippen molar-refractivity contribution in [2.75, 3.05) is 26.2 Å². The third-order valence-electron chi connectivity index (χ3n) is 4.48. The number of nitrogens with one attached hydrogen (secondary N) is 1. The van der Waals surface area contributed by atoms with E-state index in [1.807, 2.05) is 11.3 Å². The van der Waals surface area contributed by atoms with E-state index in [1.165, 1.54) is 36.0 Å². The molecule has 1 fully saturated rings. The van der Waals surface area contributed by atoms with Gasteiger partial charge in [-0.1, -0.05) is 32.0 Å². The molecule has 0 unspecified atom stereocenters. The van der Waals surface area contributed by atoms with Crippen LogP contribution in [-0.4, -0.2) is 31.1 Å². The maximum atomic E-state index is 3.48. The first kappa shape index (κ1) is 20.7. The Kier molecular flexibility index (Phi) is 8.88. The first-order valence-electron chi connectivity index (χ1n) is 8.16.